The average Bonchev–Trinajstić information content (AvgIpc) is 3.17. The van der Waals surface area contributed by atoms with Crippen molar-refractivity contribution in [2.24, 2.45) is 0 Å². The highest BCUT2D eigenvalue weighted by Gasteiger charge is 2.29. The van der Waals surface area contributed by atoms with Crippen LogP contribution in [0.15, 0.2) is 54.7 Å². The van der Waals surface area contributed by atoms with Gasteiger partial charge in [-0.2, -0.15) is 0 Å². The quantitative estimate of drug-likeness (QED) is 0.580. The Balaban J connectivity index is 1.36. The number of aryl methyl sites for hydroxylation is 2. The summed E-state index contributed by atoms with van der Waals surface area (Å²) in [5, 5.41) is 4.19. The highest BCUT2D eigenvalue weighted by atomic mass is 35.5. The first-order valence-corrected chi connectivity index (χ1v) is 11.4. The molecule has 5 rings (SSSR count). The SMILES string of the molecule is O=C(CN1C(=O)CCc2cc(-c3cc(Cl)cc(Cl)c3)cnc21)N[C@H]1CCc2ccccc21. The molecule has 2 aliphatic rings. The van der Waals surface area contributed by atoms with Crippen LogP contribution in [0.3, 0.4) is 0 Å². The van der Waals surface area contributed by atoms with Crippen molar-refractivity contribution in [2.75, 3.05) is 11.4 Å². The van der Waals surface area contributed by atoms with Gasteiger partial charge in [0, 0.05) is 28.2 Å². The van der Waals surface area contributed by atoms with Crippen molar-refractivity contribution in [1.29, 1.82) is 0 Å². The molecule has 0 bridgehead atoms. The number of halogens is 2. The van der Waals surface area contributed by atoms with E-state index in [4.69, 9.17) is 23.2 Å². The van der Waals surface area contributed by atoms with Crippen LogP contribution in [0, 0.1) is 0 Å². The molecule has 1 aromatic heterocycles. The summed E-state index contributed by atoms with van der Waals surface area (Å²) in [6.45, 7) is -0.0418. The molecule has 7 heteroatoms. The number of anilines is 1. The Morgan fingerprint density at radius 3 is 2.59 bits per heavy atom. The lowest BCUT2D eigenvalue weighted by molar-refractivity contribution is -0.124. The zero-order valence-corrected chi connectivity index (χ0v) is 18.8. The maximum absolute atomic E-state index is 12.8. The van der Waals surface area contributed by atoms with Gasteiger partial charge in [0.2, 0.25) is 11.8 Å². The lowest BCUT2D eigenvalue weighted by Gasteiger charge is -2.28. The summed E-state index contributed by atoms with van der Waals surface area (Å²) >= 11 is 12.3. The topological polar surface area (TPSA) is 62.3 Å². The molecule has 2 aromatic carbocycles. The monoisotopic (exact) mass is 465 g/mol. The van der Waals surface area contributed by atoms with Crippen LogP contribution in [-0.4, -0.2) is 23.3 Å². The van der Waals surface area contributed by atoms with Gasteiger partial charge in [0.1, 0.15) is 12.4 Å². The molecule has 1 aliphatic heterocycles. The first-order valence-electron chi connectivity index (χ1n) is 10.6. The summed E-state index contributed by atoms with van der Waals surface area (Å²) in [4.78, 5) is 31.5. The number of hydrogen-bond acceptors (Lipinski definition) is 3. The number of rotatable bonds is 4. The summed E-state index contributed by atoms with van der Waals surface area (Å²) in [5.74, 6) is 0.269. The third kappa shape index (κ3) is 4.10. The van der Waals surface area contributed by atoms with Gasteiger partial charge in [0.25, 0.3) is 0 Å². The highest BCUT2D eigenvalue weighted by Crippen LogP contribution is 2.33. The van der Waals surface area contributed by atoms with E-state index >= 15 is 0 Å². The molecular weight excluding hydrogens is 445 g/mol. The van der Waals surface area contributed by atoms with Gasteiger partial charge in [-0.1, -0.05) is 47.5 Å². The summed E-state index contributed by atoms with van der Waals surface area (Å²) in [6, 6.07) is 15.5. The van der Waals surface area contributed by atoms with Crippen LogP contribution in [0.1, 0.15) is 35.6 Å². The van der Waals surface area contributed by atoms with E-state index in [0.717, 1.165) is 35.1 Å². The fraction of sp³-hybridized carbons (Fsp3) is 0.240. The molecule has 3 aromatic rings. The van der Waals surface area contributed by atoms with E-state index in [-0.39, 0.29) is 24.4 Å². The fourth-order valence-electron chi connectivity index (χ4n) is 4.56. The van der Waals surface area contributed by atoms with E-state index in [1.165, 1.54) is 10.5 Å². The second-order valence-electron chi connectivity index (χ2n) is 8.20. The number of fused-ring (bicyclic) bond motifs is 2. The first-order chi connectivity index (χ1) is 15.5. The Bertz CT molecular complexity index is 1210. The third-order valence-corrected chi connectivity index (χ3v) is 6.51. The summed E-state index contributed by atoms with van der Waals surface area (Å²) in [6.07, 6.45) is 4.44. The molecule has 162 valence electrons. The van der Waals surface area contributed by atoms with E-state index in [0.29, 0.717) is 28.7 Å². The number of aromatic nitrogens is 1. The van der Waals surface area contributed by atoms with Crippen LogP contribution < -0.4 is 10.2 Å². The third-order valence-electron chi connectivity index (χ3n) is 6.07. The van der Waals surface area contributed by atoms with Gasteiger partial charge >= 0.3 is 0 Å². The maximum atomic E-state index is 12.8. The smallest absolute Gasteiger partial charge is 0.240 e. The molecule has 0 saturated carbocycles. The largest absolute Gasteiger partial charge is 0.348 e. The van der Waals surface area contributed by atoms with E-state index in [1.54, 1.807) is 12.3 Å². The molecule has 0 spiro atoms. The van der Waals surface area contributed by atoms with Crippen LogP contribution in [0.5, 0.6) is 0 Å². The summed E-state index contributed by atoms with van der Waals surface area (Å²) in [7, 11) is 0. The lowest BCUT2D eigenvalue weighted by Crippen LogP contribution is -2.44. The van der Waals surface area contributed by atoms with Crippen LogP contribution in [-0.2, 0) is 22.4 Å². The molecular formula is C25H21Cl2N3O2. The Morgan fingerprint density at radius 1 is 1.00 bits per heavy atom. The number of nitrogens with one attached hydrogen (secondary N) is 1. The summed E-state index contributed by atoms with van der Waals surface area (Å²) < 4.78 is 0. The number of hydrogen-bond donors (Lipinski definition) is 1. The van der Waals surface area contributed by atoms with Gasteiger partial charge in [0.05, 0.1) is 6.04 Å². The van der Waals surface area contributed by atoms with Gasteiger partial charge in [0.15, 0.2) is 0 Å². The van der Waals surface area contributed by atoms with Crippen LogP contribution in [0.4, 0.5) is 5.82 Å². The average molecular weight is 466 g/mol. The second-order valence-corrected chi connectivity index (χ2v) is 9.08. The molecule has 0 saturated heterocycles. The van der Waals surface area contributed by atoms with Crippen molar-refractivity contribution in [3.8, 4) is 11.1 Å². The van der Waals surface area contributed by atoms with Crippen LogP contribution >= 0.6 is 23.2 Å². The van der Waals surface area contributed by atoms with Crippen LogP contribution in [0.2, 0.25) is 10.0 Å². The minimum Gasteiger partial charge on any atom is -0.348 e. The number of carbonyl (C=O) groups is 2. The normalized spacial score (nSPS) is 17.1. The zero-order valence-electron chi connectivity index (χ0n) is 17.3. The Hall–Kier alpha value is -2.89. The number of nitrogens with zero attached hydrogens (tertiary/aromatic N) is 2. The van der Waals surface area contributed by atoms with Crippen molar-refractivity contribution >= 4 is 40.8 Å². The predicted octanol–water partition coefficient (Wildman–Crippen LogP) is 5.14. The molecule has 32 heavy (non-hydrogen) atoms. The molecule has 0 unspecified atom stereocenters. The first kappa shape index (κ1) is 21.0. The zero-order chi connectivity index (χ0) is 22.2. The van der Waals surface area contributed by atoms with Crippen molar-refractivity contribution < 1.29 is 9.59 Å². The molecule has 5 nitrogen and oxygen atoms in total. The fourth-order valence-corrected chi connectivity index (χ4v) is 5.08. The highest BCUT2D eigenvalue weighted by molar-refractivity contribution is 6.35. The molecule has 2 amide bonds. The number of benzene rings is 2. The Labute approximate surface area is 196 Å². The molecule has 1 atom stereocenters. The minimum absolute atomic E-state index is 0.0130. The van der Waals surface area contributed by atoms with Crippen molar-refractivity contribution in [2.45, 2.75) is 31.7 Å². The standard InChI is InChI=1S/C25H21Cl2N3O2/c26-19-10-17(11-20(27)12-19)18-9-16-6-8-24(32)30(25(16)28-13-18)14-23(31)29-22-7-5-15-3-1-2-4-21(15)22/h1-4,9-13,22H,5-8,14H2,(H,29,31)/t22-/m0/s1. The van der Waals surface area contributed by atoms with Crippen molar-refractivity contribution in [3.05, 3.63) is 81.5 Å². The Morgan fingerprint density at radius 2 is 1.78 bits per heavy atom. The van der Waals surface area contributed by atoms with Crippen molar-refractivity contribution in [1.82, 2.24) is 10.3 Å². The van der Waals surface area contributed by atoms with E-state index < -0.39 is 0 Å². The molecule has 1 N–H and O–H groups in total. The molecule has 0 radical (unpaired) electrons. The van der Waals surface area contributed by atoms with E-state index in [1.807, 2.05) is 30.3 Å². The lowest BCUT2D eigenvalue weighted by atomic mass is 10.00. The summed E-state index contributed by atoms with van der Waals surface area (Å²) in [5.41, 5.74) is 5.09. The van der Waals surface area contributed by atoms with Gasteiger partial charge in [-0.25, -0.2) is 4.98 Å². The molecule has 1 aliphatic carbocycles. The Kier molecular flexibility index (Phi) is 5.62. The van der Waals surface area contributed by atoms with E-state index in [2.05, 4.69) is 22.4 Å². The number of carbonyl (C=O) groups excluding carboxylic acids is 2. The predicted molar refractivity (Wildman–Crippen MR) is 126 cm³/mol. The van der Waals surface area contributed by atoms with Crippen LogP contribution in [0.25, 0.3) is 11.1 Å². The van der Waals surface area contributed by atoms with Gasteiger partial charge < -0.3 is 5.32 Å². The van der Waals surface area contributed by atoms with Gasteiger partial charge in [-0.05, 0) is 65.8 Å². The minimum atomic E-state index is -0.180. The molecule has 2 heterocycles. The van der Waals surface area contributed by atoms with Crippen molar-refractivity contribution in [3.63, 3.8) is 0 Å². The van der Waals surface area contributed by atoms with Gasteiger partial charge in [-0.3, -0.25) is 14.5 Å². The maximum Gasteiger partial charge on any atom is 0.240 e. The second kappa shape index (κ2) is 8.57. The number of amides is 2. The number of pyridine rings is 1. The molecule has 0 fully saturated rings. The van der Waals surface area contributed by atoms with Gasteiger partial charge in [-0.15, -0.1) is 0 Å². The van der Waals surface area contributed by atoms with E-state index in [9.17, 15) is 9.59 Å².